The van der Waals surface area contributed by atoms with Crippen LogP contribution in [0.25, 0.3) is 0 Å². The summed E-state index contributed by atoms with van der Waals surface area (Å²) in [7, 11) is 0. The number of nitrogens with zero attached hydrogens (tertiary/aromatic N) is 2. The lowest BCUT2D eigenvalue weighted by atomic mass is 10.0. The highest BCUT2D eigenvalue weighted by Crippen LogP contribution is 2.61. The van der Waals surface area contributed by atoms with E-state index in [0.717, 1.165) is 41.9 Å². The number of aromatic nitrogens is 2. The van der Waals surface area contributed by atoms with Crippen molar-refractivity contribution in [2.24, 2.45) is 17.2 Å². The second-order valence-corrected chi connectivity index (χ2v) is 5.95. The summed E-state index contributed by atoms with van der Waals surface area (Å²) in [5.74, 6) is 8.98. The number of rotatable bonds is 6. The number of hydrogen-bond acceptors (Lipinski definition) is 5. The Morgan fingerprint density at radius 3 is 2.47 bits per heavy atom. The molecule has 5 heteroatoms. The van der Waals surface area contributed by atoms with E-state index < -0.39 is 0 Å². The Hall–Kier alpha value is -1.36. The number of nitrogens with one attached hydrogen (secondary N) is 2. The minimum Gasteiger partial charge on any atom is -0.369 e. The van der Waals surface area contributed by atoms with Crippen LogP contribution in [0.1, 0.15) is 44.0 Å². The summed E-state index contributed by atoms with van der Waals surface area (Å²) in [6.07, 6.45) is 6.40. The Labute approximate surface area is 114 Å². The zero-order chi connectivity index (χ0) is 13.5. The van der Waals surface area contributed by atoms with Crippen molar-refractivity contribution in [1.29, 1.82) is 0 Å². The molecule has 1 aromatic rings. The van der Waals surface area contributed by atoms with Crippen molar-refractivity contribution in [3.05, 3.63) is 11.4 Å². The summed E-state index contributed by atoms with van der Waals surface area (Å²) >= 11 is 0. The molecule has 1 aromatic heterocycles. The SMILES string of the molecule is CCc1nc(NN)c(C)c(NCC2(C3CC3)CC2)n1. The highest BCUT2D eigenvalue weighted by atomic mass is 15.3. The molecule has 0 unspecified atom stereocenters. The Kier molecular flexibility index (Phi) is 3.09. The van der Waals surface area contributed by atoms with E-state index in [1.54, 1.807) is 0 Å². The van der Waals surface area contributed by atoms with Crippen LogP contribution in [0.15, 0.2) is 0 Å². The van der Waals surface area contributed by atoms with E-state index in [2.05, 4.69) is 27.6 Å². The molecule has 5 nitrogen and oxygen atoms in total. The monoisotopic (exact) mass is 261 g/mol. The lowest BCUT2D eigenvalue weighted by molar-refractivity contribution is 0.466. The highest BCUT2D eigenvalue weighted by Gasteiger charge is 2.53. The summed E-state index contributed by atoms with van der Waals surface area (Å²) in [5, 5.41) is 3.54. The van der Waals surface area contributed by atoms with Crippen molar-refractivity contribution in [2.75, 3.05) is 17.3 Å². The molecular weight excluding hydrogens is 238 g/mol. The van der Waals surface area contributed by atoms with Crippen LogP contribution in [-0.4, -0.2) is 16.5 Å². The highest BCUT2D eigenvalue weighted by molar-refractivity contribution is 5.56. The first-order chi connectivity index (χ1) is 9.18. The van der Waals surface area contributed by atoms with Crippen molar-refractivity contribution in [1.82, 2.24) is 9.97 Å². The largest absolute Gasteiger partial charge is 0.369 e. The number of anilines is 2. The van der Waals surface area contributed by atoms with Gasteiger partial charge in [0.2, 0.25) is 0 Å². The van der Waals surface area contributed by atoms with Gasteiger partial charge in [-0.05, 0) is 43.9 Å². The minimum absolute atomic E-state index is 0.570. The van der Waals surface area contributed by atoms with Crippen LogP contribution in [0, 0.1) is 18.3 Å². The van der Waals surface area contributed by atoms with Crippen molar-refractivity contribution in [3.8, 4) is 0 Å². The molecule has 0 saturated heterocycles. The van der Waals surface area contributed by atoms with Gasteiger partial charge in [-0.15, -0.1) is 0 Å². The average Bonchev–Trinajstić information content (AvgIpc) is 3.28. The zero-order valence-electron chi connectivity index (χ0n) is 11.8. The van der Waals surface area contributed by atoms with Crippen LogP contribution in [0.4, 0.5) is 11.6 Å². The molecule has 0 aromatic carbocycles. The van der Waals surface area contributed by atoms with Crippen molar-refractivity contribution < 1.29 is 0 Å². The molecule has 1 heterocycles. The maximum Gasteiger partial charge on any atom is 0.148 e. The van der Waals surface area contributed by atoms with Gasteiger partial charge in [0, 0.05) is 18.5 Å². The van der Waals surface area contributed by atoms with Gasteiger partial charge < -0.3 is 10.7 Å². The van der Waals surface area contributed by atoms with Gasteiger partial charge in [-0.1, -0.05) is 6.92 Å². The minimum atomic E-state index is 0.570. The predicted octanol–water partition coefficient (Wildman–Crippen LogP) is 2.24. The fraction of sp³-hybridized carbons (Fsp3) is 0.714. The third-order valence-electron chi connectivity index (χ3n) is 4.59. The fourth-order valence-electron chi connectivity index (χ4n) is 2.88. The van der Waals surface area contributed by atoms with Gasteiger partial charge in [0.05, 0.1) is 0 Å². The molecule has 0 bridgehead atoms. The molecule has 3 rings (SSSR count). The molecular formula is C14H23N5. The van der Waals surface area contributed by atoms with Crippen molar-refractivity contribution >= 4 is 11.6 Å². The normalized spacial score (nSPS) is 20.2. The lowest BCUT2D eigenvalue weighted by Gasteiger charge is -2.18. The first-order valence-electron chi connectivity index (χ1n) is 7.26. The molecule has 0 atom stereocenters. The molecule has 0 spiro atoms. The molecule has 104 valence electrons. The van der Waals surface area contributed by atoms with Gasteiger partial charge in [-0.2, -0.15) is 0 Å². The first kappa shape index (κ1) is 12.7. The van der Waals surface area contributed by atoms with E-state index in [1.165, 1.54) is 25.7 Å². The van der Waals surface area contributed by atoms with Gasteiger partial charge in [0.1, 0.15) is 17.5 Å². The van der Waals surface area contributed by atoms with Crippen LogP contribution in [0.5, 0.6) is 0 Å². The quantitative estimate of drug-likeness (QED) is 0.541. The summed E-state index contributed by atoms with van der Waals surface area (Å²) < 4.78 is 0. The molecule has 2 aliphatic carbocycles. The van der Waals surface area contributed by atoms with E-state index in [4.69, 9.17) is 5.84 Å². The van der Waals surface area contributed by atoms with E-state index in [1.807, 2.05) is 6.92 Å². The molecule has 0 amide bonds. The maximum absolute atomic E-state index is 5.53. The summed E-state index contributed by atoms with van der Waals surface area (Å²) in [5.41, 5.74) is 4.24. The van der Waals surface area contributed by atoms with Gasteiger partial charge >= 0.3 is 0 Å². The molecule has 0 radical (unpaired) electrons. The first-order valence-corrected chi connectivity index (χ1v) is 7.26. The zero-order valence-corrected chi connectivity index (χ0v) is 11.8. The molecule has 0 aliphatic heterocycles. The van der Waals surface area contributed by atoms with E-state index >= 15 is 0 Å². The summed E-state index contributed by atoms with van der Waals surface area (Å²) in [6, 6.07) is 0. The van der Waals surface area contributed by atoms with Crippen LogP contribution >= 0.6 is 0 Å². The van der Waals surface area contributed by atoms with Crippen LogP contribution < -0.4 is 16.6 Å². The van der Waals surface area contributed by atoms with Gasteiger partial charge in [0.25, 0.3) is 0 Å². The smallest absolute Gasteiger partial charge is 0.148 e. The number of nitrogens with two attached hydrogens (primary N) is 1. The number of hydrogen-bond donors (Lipinski definition) is 3. The molecule has 2 fully saturated rings. The average molecular weight is 261 g/mol. The van der Waals surface area contributed by atoms with Gasteiger partial charge in [0.15, 0.2) is 0 Å². The van der Waals surface area contributed by atoms with Crippen molar-refractivity contribution in [2.45, 2.75) is 46.0 Å². The summed E-state index contributed by atoms with van der Waals surface area (Å²) in [6.45, 7) is 5.11. The number of aryl methyl sites for hydroxylation is 1. The topological polar surface area (TPSA) is 75.9 Å². The second-order valence-electron chi connectivity index (χ2n) is 5.95. The maximum atomic E-state index is 5.53. The second kappa shape index (κ2) is 4.63. The standard InChI is InChI=1S/C14H23N5/c1-3-11-17-12(9(2)13(18-11)19-15)16-8-14(6-7-14)10-4-5-10/h10H,3-8,15H2,1-2H3,(H2,16,17,18,19). The Morgan fingerprint density at radius 1 is 1.26 bits per heavy atom. The molecule has 2 saturated carbocycles. The van der Waals surface area contributed by atoms with Gasteiger partial charge in [-0.25, -0.2) is 15.8 Å². The van der Waals surface area contributed by atoms with E-state index in [9.17, 15) is 0 Å². The Balaban J connectivity index is 1.75. The van der Waals surface area contributed by atoms with Gasteiger partial charge in [-0.3, -0.25) is 0 Å². The fourth-order valence-corrected chi connectivity index (χ4v) is 2.88. The molecule has 4 N–H and O–H groups in total. The number of hydrazine groups is 1. The Bertz CT molecular complexity index is 477. The van der Waals surface area contributed by atoms with Crippen LogP contribution in [-0.2, 0) is 6.42 Å². The van der Waals surface area contributed by atoms with Crippen LogP contribution in [0.2, 0.25) is 0 Å². The molecule has 19 heavy (non-hydrogen) atoms. The third-order valence-corrected chi connectivity index (χ3v) is 4.59. The van der Waals surface area contributed by atoms with Crippen LogP contribution in [0.3, 0.4) is 0 Å². The third kappa shape index (κ3) is 2.39. The summed E-state index contributed by atoms with van der Waals surface area (Å²) in [4.78, 5) is 8.98. The number of nitrogen functional groups attached to an aromatic ring is 1. The predicted molar refractivity (Wildman–Crippen MR) is 76.8 cm³/mol. The van der Waals surface area contributed by atoms with Crippen molar-refractivity contribution in [3.63, 3.8) is 0 Å². The van der Waals surface area contributed by atoms with E-state index in [-0.39, 0.29) is 0 Å². The Morgan fingerprint density at radius 2 is 1.95 bits per heavy atom. The lowest BCUT2D eigenvalue weighted by Crippen LogP contribution is -2.20. The van der Waals surface area contributed by atoms with E-state index in [0.29, 0.717) is 5.41 Å². The molecule has 2 aliphatic rings.